The van der Waals surface area contributed by atoms with Crippen molar-refractivity contribution in [3.05, 3.63) is 82.1 Å². The van der Waals surface area contributed by atoms with Gasteiger partial charge in [0, 0.05) is 35.8 Å². The summed E-state index contributed by atoms with van der Waals surface area (Å²) in [5, 5.41) is 12.5. The maximum Gasteiger partial charge on any atom is 0.344 e. The van der Waals surface area contributed by atoms with Crippen molar-refractivity contribution >= 4 is 51.3 Å². The summed E-state index contributed by atoms with van der Waals surface area (Å²) < 4.78 is 7.22. The molecule has 0 spiro atoms. The summed E-state index contributed by atoms with van der Waals surface area (Å²) in [5.41, 5.74) is 3.64. The zero-order valence-electron chi connectivity index (χ0n) is 22.4. The second-order valence-electron chi connectivity index (χ2n) is 9.83. The molecule has 2 aliphatic rings. The number of carbonyl (C=O) groups is 2. The van der Waals surface area contributed by atoms with Gasteiger partial charge in [0.2, 0.25) is 5.91 Å². The number of esters is 1. The van der Waals surface area contributed by atoms with E-state index in [1.54, 1.807) is 6.92 Å². The number of aliphatic hydroxyl groups is 1. The number of rotatable bonds is 6. The van der Waals surface area contributed by atoms with Crippen LogP contribution in [0.5, 0.6) is 0 Å². The number of carbonyl (C=O) groups excluding carboxylic acids is 2. The van der Waals surface area contributed by atoms with Gasteiger partial charge in [0.25, 0.3) is 0 Å². The summed E-state index contributed by atoms with van der Waals surface area (Å²) in [6.45, 7) is 5.79. The van der Waals surface area contributed by atoms with Gasteiger partial charge in [0.1, 0.15) is 22.9 Å². The van der Waals surface area contributed by atoms with Crippen LogP contribution >= 0.6 is 11.8 Å². The van der Waals surface area contributed by atoms with Gasteiger partial charge in [-0.05, 0) is 51.0 Å². The molecular formula is C31H33N3O4S. The Labute approximate surface area is 232 Å². The SMILES string of the molecule is CCOC(=O)C1=C(O)/C(=C/c2cn(CC(=O)N3CCCCCC3)c3ccccc23)SC1=Nc1ccc(C)cc1. The van der Waals surface area contributed by atoms with Gasteiger partial charge in [-0.1, -0.05) is 60.5 Å². The molecule has 8 heteroatoms. The van der Waals surface area contributed by atoms with Crippen molar-refractivity contribution in [1.82, 2.24) is 9.47 Å². The third kappa shape index (κ3) is 5.96. The molecule has 1 amide bonds. The van der Waals surface area contributed by atoms with Crippen LogP contribution in [0.3, 0.4) is 0 Å². The average Bonchev–Trinajstić information content (AvgIpc) is 3.26. The second-order valence-corrected chi connectivity index (χ2v) is 10.9. The fourth-order valence-electron chi connectivity index (χ4n) is 4.96. The first kappa shape index (κ1) is 26.8. The number of aromatic nitrogens is 1. The fourth-order valence-corrected chi connectivity index (χ4v) is 5.98. The Morgan fingerprint density at radius 3 is 2.49 bits per heavy atom. The Bertz CT molecular complexity index is 1480. The molecule has 0 bridgehead atoms. The maximum absolute atomic E-state index is 13.2. The minimum Gasteiger partial charge on any atom is -0.506 e. The van der Waals surface area contributed by atoms with E-state index in [4.69, 9.17) is 4.74 Å². The molecule has 1 aromatic heterocycles. The number of fused-ring (bicyclic) bond motifs is 1. The molecule has 1 saturated heterocycles. The van der Waals surface area contributed by atoms with Crippen LogP contribution < -0.4 is 0 Å². The summed E-state index contributed by atoms with van der Waals surface area (Å²) >= 11 is 1.23. The minimum absolute atomic E-state index is 0.0637. The first-order chi connectivity index (χ1) is 18.9. The number of nitrogens with zero attached hydrogens (tertiary/aromatic N) is 3. The maximum atomic E-state index is 13.2. The monoisotopic (exact) mass is 543 g/mol. The molecule has 2 aliphatic heterocycles. The Morgan fingerprint density at radius 1 is 1.05 bits per heavy atom. The number of likely N-dealkylation sites (tertiary alicyclic amines) is 1. The third-order valence-electron chi connectivity index (χ3n) is 7.01. The molecule has 0 radical (unpaired) electrons. The van der Waals surface area contributed by atoms with Crippen LogP contribution in [-0.4, -0.2) is 51.2 Å². The van der Waals surface area contributed by atoms with E-state index < -0.39 is 5.97 Å². The summed E-state index contributed by atoms with van der Waals surface area (Å²) in [6.07, 6.45) is 8.24. The minimum atomic E-state index is -0.609. The van der Waals surface area contributed by atoms with Crippen LogP contribution in [-0.2, 0) is 20.9 Å². The number of benzene rings is 2. The molecule has 1 N–H and O–H groups in total. The van der Waals surface area contributed by atoms with Crippen LogP contribution in [0.15, 0.2) is 76.0 Å². The number of aryl methyl sites for hydroxylation is 1. The first-order valence-electron chi connectivity index (χ1n) is 13.5. The molecule has 3 aromatic rings. The summed E-state index contributed by atoms with van der Waals surface area (Å²) in [4.78, 5) is 33.1. The number of hydrogen-bond donors (Lipinski definition) is 1. The normalized spacial score (nSPS) is 18.3. The third-order valence-corrected chi connectivity index (χ3v) is 8.03. The molecule has 2 aromatic carbocycles. The number of aliphatic imine (C=N–C) groups is 1. The second kappa shape index (κ2) is 11.9. The van der Waals surface area contributed by atoms with E-state index in [2.05, 4.69) is 4.99 Å². The highest BCUT2D eigenvalue weighted by atomic mass is 32.2. The van der Waals surface area contributed by atoms with Gasteiger partial charge in [0.15, 0.2) is 0 Å². The van der Waals surface area contributed by atoms with Crippen LogP contribution in [0.25, 0.3) is 17.0 Å². The molecular weight excluding hydrogens is 510 g/mol. The van der Waals surface area contributed by atoms with Gasteiger partial charge in [-0.15, -0.1) is 0 Å². The predicted molar refractivity (Wildman–Crippen MR) is 157 cm³/mol. The van der Waals surface area contributed by atoms with Crippen molar-refractivity contribution in [1.29, 1.82) is 0 Å². The van der Waals surface area contributed by atoms with Crippen molar-refractivity contribution in [2.45, 2.75) is 46.1 Å². The van der Waals surface area contributed by atoms with Gasteiger partial charge < -0.3 is 19.3 Å². The van der Waals surface area contributed by atoms with E-state index in [-0.39, 0.29) is 30.4 Å². The summed E-state index contributed by atoms with van der Waals surface area (Å²) in [5.74, 6) is -0.643. The van der Waals surface area contributed by atoms with Gasteiger partial charge in [0.05, 0.1) is 17.2 Å². The van der Waals surface area contributed by atoms with E-state index in [0.717, 1.165) is 48.0 Å². The topological polar surface area (TPSA) is 84.1 Å². The number of thioether (sulfide) groups is 1. The smallest absolute Gasteiger partial charge is 0.344 e. The molecule has 0 atom stereocenters. The Balaban J connectivity index is 1.50. The highest BCUT2D eigenvalue weighted by molar-refractivity contribution is 8.18. The predicted octanol–water partition coefficient (Wildman–Crippen LogP) is 6.55. The molecule has 0 aliphatic carbocycles. The number of para-hydroxylation sites is 1. The van der Waals surface area contributed by atoms with Crippen molar-refractivity contribution in [2.24, 2.45) is 4.99 Å². The summed E-state index contributed by atoms with van der Waals surface area (Å²) in [6, 6.07) is 15.6. The molecule has 1 fully saturated rings. The van der Waals surface area contributed by atoms with Crippen LogP contribution in [0.1, 0.15) is 43.7 Å². The Kier molecular flexibility index (Phi) is 8.21. The van der Waals surface area contributed by atoms with E-state index in [1.807, 2.05) is 77.2 Å². The average molecular weight is 544 g/mol. The number of amides is 1. The lowest BCUT2D eigenvalue weighted by Gasteiger charge is -2.20. The Hall–Kier alpha value is -3.78. The standard InChI is InChI=1S/C31H33N3O4S/c1-3-38-31(37)28-29(36)26(39-30(28)32-23-14-12-21(2)13-15-23)18-22-19-34(25-11-7-6-10-24(22)25)20-27(35)33-16-8-4-5-9-17-33/h6-7,10-15,18-19,36H,3-5,8-9,16-17,20H2,1-2H3/b26-18-,32-30?. The van der Waals surface area contributed by atoms with Crippen molar-refractivity contribution in [3.63, 3.8) is 0 Å². The fraction of sp³-hybridized carbons (Fsp3) is 0.323. The quantitative estimate of drug-likeness (QED) is 0.357. The van der Waals surface area contributed by atoms with Gasteiger partial charge in [-0.2, -0.15) is 0 Å². The van der Waals surface area contributed by atoms with E-state index >= 15 is 0 Å². The van der Waals surface area contributed by atoms with Gasteiger partial charge in [-0.25, -0.2) is 9.79 Å². The molecule has 0 saturated carbocycles. The van der Waals surface area contributed by atoms with E-state index in [1.165, 1.54) is 24.6 Å². The molecule has 0 unspecified atom stereocenters. The zero-order chi connectivity index (χ0) is 27.4. The largest absolute Gasteiger partial charge is 0.506 e. The van der Waals surface area contributed by atoms with Crippen LogP contribution in [0, 0.1) is 6.92 Å². The lowest BCUT2D eigenvalue weighted by Crippen LogP contribution is -2.34. The molecule has 3 heterocycles. The van der Waals surface area contributed by atoms with Crippen molar-refractivity contribution < 1.29 is 19.4 Å². The van der Waals surface area contributed by atoms with Crippen LogP contribution in [0.4, 0.5) is 5.69 Å². The van der Waals surface area contributed by atoms with Crippen molar-refractivity contribution in [3.8, 4) is 0 Å². The van der Waals surface area contributed by atoms with Crippen molar-refractivity contribution in [2.75, 3.05) is 19.7 Å². The van der Waals surface area contributed by atoms with Crippen LogP contribution in [0.2, 0.25) is 0 Å². The van der Waals surface area contributed by atoms with E-state index in [9.17, 15) is 14.7 Å². The lowest BCUT2D eigenvalue weighted by molar-refractivity contribution is -0.138. The Morgan fingerprint density at radius 2 is 1.77 bits per heavy atom. The molecule has 5 rings (SSSR count). The molecule has 39 heavy (non-hydrogen) atoms. The number of aliphatic hydroxyl groups excluding tert-OH is 1. The lowest BCUT2D eigenvalue weighted by atomic mass is 10.1. The van der Waals surface area contributed by atoms with E-state index in [0.29, 0.717) is 15.6 Å². The molecule has 202 valence electrons. The first-order valence-corrected chi connectivity index (χ1v) is 14.3. The summed E-state index contributed by atoms with van der Waals surface area (Å²) in [7, 11) is 0. The highest BCUT2D eigenvalue weighted by Crippen LogP contribution is 2.41. The molecule has 7 nitrogen and oxygen atoms in total. The highest BCUT2D eigenvalue weighted by Gasteiger charge is 2.33. The number of hydrogen-bond acceptors (Lipinski definition) is 6. The van der Waals surface area contributed by atoms with Gasteiger partial charge in [-0.3, -0.25) is 4.79 Å². The number of ether oxygens (including phenoxy) is 1. The zero-order valence-corrected chi connectivity index (χ0v) is 23.2. The van der Waals surface area contributed by atoms with Gasteiger partial charge >= 0.3 is 5.97 Å².